The molecule has 0 aliphatic carbocycles. The summed E-state index contributed by atoms with van der Waals surface area (Å²) in [5.74, 6) is 3.20. The summed E-state index contributed by atoms with van der Waals surface area (Å²) in [6, 6.07) is 0. The average molecular weight is 322 g/mol. The largest absolute Gasteiger partial charge is 0.394 e. The maximum atomic E-state index is 15.0. The van der Waals surface area contributed by atoms with Gasteiger partial charge in [-0.1, -0.05) is 5.92 Å². The van der Waals surface area contributed by atoms with Crippen molar-refractivity contribution in [2.24, 2.45) is 10.7 Å². The number of hydrogen-bond donors (Lipinski definition) is 3. The van der Waals surface area contributed by atoms with Gasteiger partial charge in [0.15, 0.2) is 18.4 Å². The molecule has 4 atom stereocenters. The number of amidine groups is 1. The predicted octanol–water partition coefficient (Wildman–Crippen LogP) is -0.520. The summed E-state index contributed by atoms with van der Waals surface area (Å²) in [5, 5.41) is 12.2. The number of aliphatic hydroxyl groups excluding tert-OH is 1. The number of terminal acetylenes is 1. The summed E-state index contributed by atoms with van der Waals surface area (Å²) in [7, 11) is 3.63. The zero-order valence-electron chi connectivity index (χ0n) is 12.9. The second-order valence-corrected chi connectivity index (χ2v) is 5.79. The minimum atomic E-state index is -2.04. The number of ether oxygens (including phenoxy) is 1. The Kier molecular flexibility index (Phi) is 3.75. The van der Waals surface area contributed by atoms with Crippen LogP contribution in [0.15, 0.2) is 11.3 Å². The molecule has 0 aromatic carbocycles. The van der Waals surface area contributed by atoms with Crippen LogP contribution in [0.2, 0.25) is 0 Å². The Morgan fingerprint density at radius 2 is 2.43 bits per heavy atom. The lowest BCUT2D eigenvalue weighted by Gasteiger charge is -2.28. The molecule has 1 saturated heterocycles. The van der Waals surface area contributed by atoms with E-state index in [-0.39, 0.29) is 13.0 Å². The second kappa shape index (κ2) is 5.49. The standard InChI is InChI=1S/C14H19FN6O2/c1-4-14(15)5-8(6-22)23-12(14)21-7-17-9-10(20(2)3)18-13(16)19-11(9)21/h1,7-8,12-13,19,22H,5-6,16H2,2-3H3/t8?,12-,13?,14+/m0/s1. The number of aliphatic imine (C=N–C) groups is 1. The van der Waals surface area contributed by atoms with Gasteiger partial charge in [-0.05, 0) is 0 Å². The molecule has 0 spiro atoms. The molecule has 2 unspecified atom stereocenters. The van der Waals surface area contributed by atoms with Crippen LogP contribution in [-0.2, 0) is 4.74 Å². The van der Waals surface area contributed by atoms with Gasteiger partial charge in [-0.3, -0.25) is 10.3 Å². The Balaban J connectivity index is 2.04. The number of rotatable bonds is 2. The van der Waals surface area contributed by atoms with Gasteiger partial charge < -0.3 is 20.1 Å². The number of anilines is 1. The van der Waals surface area contributed by atoms with E-state index < -0.39 is 24.3 Å². The Morgan fingerprint density at radius 3 is 3.04 bits per heavy atom. The first-order valence-electron chi connectivity index (χ1n) is 7.17. The Hall–Kier alpha value is -2.15. The minimum absolute atomic E-state index is 0.0850. The van der Waals surface area contributed by atoms with Crippen molar-refractivity contribution in [1.29, 1.82) is 0 Å². The van der Waals surface area contributed by atoms with Crippen LogP contribution in [0.1, 0.15) is 18.3 Å². The zero-order valence-corrected chi connectivity index (χ0v) is 12.9. The van der Waals surface area contributed by atoms with E-state index in [1.54, 1.807) is 4.90 Å². The molecule has 0 radical (unpaired) electrons. The van der Waals surface area contributed by atoms with Crippen LogP contribution in [-0.4, -0.2) is 64.2 Å². The molecule has 0 amide bonds. The molecule has 2 aliphatic rings. The smallest absolute Gasteiger partial charge is 0.217 e. The SMILES string of the molecule is C#C[C@@]1(F)CC(CO)O[C@@H]1n1cnc2c1NC(N)N=C2N(C)C. The normalized spacial score (nSPS) is 32.7. The third-order valence-electron chi connectivity index (χ3n) is 3.91. The Bertz CT molecular complexity index is 681. The van der Waals surface area contributed by atoms with E-state index in [4.69, 9.17) is 16.9 Å². The first-order chi connectivity index (χ1) is 10.9. The summed E-state index contributed by atoms with van der Waals surface area (Å²) in [6.07, 6.45) is 4.26. The molecular formula is C14H19FN6O2. The highest BCUT2D eigenvalue weighted by molar-refractivity contribution is 6.02. The van der Waals surface area contributed by atoms with Gasteiger partial charge in [-0.15, -0.1) is 6.42 Å². The maximum Gasteiger partial charge on any atom is 0.217 e. The number of nitrogens with zero attached hydrogens (tertiary/aromatic N) is 4. The minimum Gasteiger partial charge on any atom is -0.394 e. The van der Waals surface area contributed by atoms with E-state index in [1.807, 2.05) is 14.1 Å². The van der Waals surface area contributed by atoms with E-state index in [1.165, 1.54) is 10.9 Å². The number of hydrogen-bond acceptors (Lipinski definition) is 7. The van der Waals surface area contributed by atoms with E-state index in [9.17, 15) is 5.11 Å². The molecule has 1 aromatic heterocycles. The van der Waals surface area contributed by atoms with Gasteiger partial charge in [0.2, 0.25) is 5.67 Å². The third-order valence-corrected chi connectivity index (χ3v) is 3.91. The van der Waals surface area contributed by atoms with Gasteiger partial charge in [-0.25, -0.2) is 14.4 Å². The summed E-state index contributed by atoms with van der Waals surface area (Å²) < 4.78 is 22.1. The van der Waals surface area contributed by atoms with Crippen LogP contribution < -0.4 is 11.1 Å². The highest BCUT2D eigenvalue weighted by atomic mass is 19.1. The molecule has 1 aromatic rings. The van der Waals surface area contributed by atoms with Crippen molar-refractivity contribution < 1.29 is 14.2 Å². The molecule has 0 saturated carbocycles. The Labute approximate surface area is 133 Å². The maximum absolute atomic E-state index is 15.0. The highest BCUT2D eigenvalue weighted by Gasteiger charge is 2.50. The van der Waals surface area contributed by atoms with Gasteiger partial charge in [0.25, 0.3) is 0 Å². The molecule has 8 nitrogen and oxygen atoms in total. The zero-order chi connectivity index (χ0) is 16.8. The average Bonchev–Trinajstić information content (AvgIpc) is 3.07. The topological polar surface area (TPSA) is 101 Å². The van der Waals surface area contributed by atoms with E-state index >= 15 is 4.39 Å². The number of halogens is 1. The molecule has 3 heterocycles. The number of nitrogens with one attached hydrogen (secondary N) is 1. The summed E-state index contributed by atoms with van der Waals surface area (Å²) in [5.41, 5.74) is 4.37. The molecule has 0 bridgehead atoms. The fourth-order valence-corrected chi connectivity index (χ4v) is 2.83. The molecule has 124 valence electrons. The van der Waals surface area contributed by atoms with E-state index in [0.717, 1.165) is 0 Å². The van der Waals surface area contributed by atoms with Crippen molar-refractivity contribution >= 4 is 11.7 Å². The lowest BCUT2D eigenvalue weighted by molar-refractivity contribution is -0.0482. The van der Waals surface area contributed by atoms with Crippen molar-refractivity contribution in [1.82, 2.24) is 14.5 Å². The fraction of sp³-hybridized carbons (Fsp3) is 0.571. The molecule has 1 fully saturated rings. The van der Waals surface area contributed by atoms with Gasteiger partial charge in [0.05, 0.1) is 19.0 Å². The number of aliphatic hydroxyl groups is 1. The van der Waals surface area contributed by atoms with Gasteiger partial charge >= 0.3 is 0 Å². The second-order valence-electron chi connectivity index (χ2n) is 5.79. The van der Waals surface area contributed by atoms with Crippen molar-refractivity contribution in [2.45, 2.75) is 30.7 Å². The number of imidazole rings is 1. The highest BCUT2D eigenvalue weighted by Crippen LogP contribution is 2.43. The van der Waals surface area contributed by atoms with Crippen LogP contribution in [0.4, 0.5) is 10.2 Å². The summed E-state index contributed by atoms with van der Waals surface area (Å²) >= 11 is 0. The molecule has 4 N–H and O–H groups in total. The summed E-state index contributed by atoms with van der Waals surface area (Å²) in [4.78, 5) is 10.3. The third kappa shape index (κ3) is 2.45. The number of fused-ring (bicyclic) bond motifs is 1. The molecule has 9 heteroatoms. The first-order valence-corrected chi connectivity index (χ1v) is 7.17. The van der Waals surface area contributed by atoms with Crippen LogP contribution in [0.3, 0.4) is 0 Å². The molecule has 3 rings (SSSR count). The number of aromatic nitrogens is 2. The van der Waals surface area contributed by atoms with Crippen LogP contribution in [0.5, 0.6) is 0 Å². The van der Waals surface area contributed by atoms with Crippen LogP contribution in [0.25, 0.3) is 0 Å². The monoisotopic (exact) mass is 322 g/mol. The van der Waals surface area contributed by atoms with Gasteiger partial charge in [-0.2, -0.15) is 0 Å². The van der Waals surface area contributed by atoms with Gasteiger partial charge in [0, 0.05) is 20.5 Å². The van der Waals surface area contributed by atoms with Crippen molar-refractivity contribution in [3.05, 3.63) is 12.0 Å². The quantitative estimate of drug-likeness (QED) is 0.634. The molecule has 2 aliphatic heterocycles. The molecule has 23 heavy (non-hydrogen) atoms. The van der Waals surface area contributed by atoms with Crippen molar-refractivity contribution in [2.75, 3.05) is 26.0 Å². The molecular weight excluding hydrogens is 303 g/mol. The van der Waals surface area contributed by atoms with Crippen molar-refractivity contribution in [3.63, 3.8) is 0 Å². The number of alkyl halides is 1. The van der Waals surface area contributed by atoms with E-state index in [2.05, 4.69) is 21.2 Å². The van der Waals surface area contributed by atoms with Crippen molar-refractivity contribution in [3.8, 4) is 12.3 Å². The van der Waals surface area contributed by atoms with E-state index in [0.29, 0.717) is 17.3 Å². The predicted molar refractivity (Wildman–Crippen MR) is 82.3 cm³/mol. The number of nitrogens with two attached hydrogens (primary N) is 1. The lowest BCUT2D eigenvalue weighted by atomic mass is 10.0. The lowest BCUT2D eigenvalue weighted by Crippen LogP contribution is -2.39. The van der Waals surface area contributed by atoms with Crippen LogP contribution >= 0.6 is 0 Å². The first kappa shape index (κ1) is 15.7. The van der Waals surface area contributed by atoms with Gasteiger partial charge in [0.1, 0.15) is 11.5 Å². The van der Waals surface area contributed by atoms with Crippen LogP contribution in [0, 0.1) is 12.3 Å². The fourth-order valence-electron chi connectivity index (χ4n) is 2.83. The Morgan fingerprint density at radius 1 is 1.70 bits per heavy atom. The summed E-state index contributed by atoms with van der Waals surface area (Å²) in [6.45, 7) is -0.307.